The lowest BCUT2D eigenvalue weighted by Crippen LogP contribution is -2.32. The number of thiophene rings is 1. The zero-order valence-corrected chi connectivity index (χ0v) is 23.4. The summed E-state index contributed by atoms with van der Waals surface area (Å²) in [5, 5.41) is 9.70. The second kappa shape index (κ2) is 12.0. The van der Waals surface area contributed by atoms with Gasteiger partial charge in [0.15, 0.2) is 0 Å². The minimum atomic E-state index is -4.69. The van der Waals surface area contributed by atoms with E-state index in [1.807, 2.05) is 5.38 Å². The second-order valence-corrected chi connectivity index (χ2v) is 10.8. The van der Waals surface area contributed by atoms with Crippen molar-refractivity contribution in [3.8, 4) is 23.0 Å². The summed E-state index contributed by atoms with van der Waals surface area (Å²) in [6, 6.07) is 7.42. The van der Waals surface area contributed by atoms with E-state index in [-0.39, 0.29) is 6.54 Å². The number of rotatable bonds is 4. The first kappa shape index (κ1) is 30.1. The van der Waals surface area contributed by atoms with Gasteiger partial charge in [0.05, 0.1) is 28.1 Å². The molecule has 2 heterocycles. The summed E-state index contributed by atoms with van der Waals surface area (Å²) in [6.07, 6.45) is -3.71. The maximum absolute atomic E-state index is 14.0. The summed E-state index contributed by atoms with van der Waals surface area (Å²) in [5.41, 5.74) is 6.34. The standard InChI is InChI=1S/C29H25F4N5O3S/c1-28(2,3)41-27(40)35-12-4-5-17-14-36-25(34)23-20(15-42-24(17)23)16-6-9-19(10-7-16)37-26(39)38-22-13-18(29(31,32)33)8-11-21(22)30/h6-11,13-15H,12H2,1-3H3,(H2,34,36)(H,35,40)(H2,37,38,39). The van der Waals surface area contributed by atoms with Crippen LogP contribution in [0.25, 0.3) is 21.2 Å². The number of aromatic nitrogens is 1. The molecular formula is C29H25F4N5O3S. The third-order valence-electron chi connectivity index (χ3n) is 5.56. The van der Waals surface area contributed by atoms with E-state index >= 15 is 0 Å². The Labute approximate surface area is 242 Å². The highest BCUT2D eigenvalue weighted by molar-refractivity contribution is 7.18. The van der Waals surface area contributed by atoms with Gasteiger partial charge in [-0.05, 0) is 62.0 Å². The molecule has 8 nitrogen and oxygen atoms in total. The SMILES string of the molecule is CC(C)(C)OC(=O)NCC#Cc1cnc(N)c2c(-c3ccc(NC(=O)Nc4cc(C(F)(F)F)ccc4F)cc3)csc12. The van der Waals surface area contributed by atoms with Crippen LogP contribution in [0.4, 0.5) is 44.3 Å². The fourth-order valence-corrected chi connectivity index (χ4v) is 4.81. The number of halogens is 4. The number of alkyl carbamates (subject to hydrolysis) is 1. The van der Waals surface area contributed by atoms with Crippen molar-refractivity contribution >= 4 is 50.7 Å². The van der Waals surface area contributed by atoms with Crippen molar-refractivity contribution in [3.63, 3.8) is 0 Å². The number of alkyl halides is 3. The molecule has 218 valence electrons. The van der Waals surface area contributed by atoms with Crippen molar-refractivity contribution < 1.29 is 31.9 Å². The Morgan fingerprint density at radius 3 is 2.45 bits per heavy atom. The molecule has 0 unspecified atom stereocenters. The van der Waals surface area contributed by atoms with Crippen LogP contribution in [-0.2, 0) is 10.9 Å². The van der Waals surface area contributed by atoms with Crippen LogP contribution in [0, 0.1) is 17.7 Å². The number of anilines is 3. The van der Waals surface area contributed by atoms with Crippen LogP contribution in [-0.4, -0.2) is 29.3 Å². The average Bonchev–Trinajstić information content (AvgIpc) is 3.34. The number of urea groups is 1. The van der Waals surface area contributed by atoms with Crippen LogP contribution < -0.4 is 21.7 Å². The molecule has 0 fully saturated rings. The number of carbonyl (C=O) groups is 2. The van der Waals surface area contributed by atoms with Gasteiger partial charge < -0.3 is 26.4 Å². The zero-order chi connectivity index (χ0) is 30.7. The molecule has 0 saturated heterocycles. The van der Waals surface area contributed by atoms with Gasteiger partial charge in [0.2, 0.25) is 0 Å². The van der Waals surface area contributed by atoms with E-state index in [9.17, 15) is 27.2 Å². The Morgan fingerprint density at radius 2 is 1.79 bits per heavy atom. The van der Waals surface area contributed by atoms with Gasteiger partial charge in [0, 0.05) is 22.8 Å². The molecule has 0 spiro atoms. The summed E-state index contributed by atoms with van der Waals surface area (Å²) < 4.78 is 58.8. The van der Waals surface area contributed by atoms with Gasteiger partial charge in [-0.25, -0.2) is 19.0 Å². The number of nitrogens with zero attached hydrogens (tertiary/aromatic N) is 1. The maximum atomic E-state index is 14.0. The molecule has 2 aromatic heterocycles. The van der Waals surface area contributed by atoms with Crippen LogP contribution in [0.3, 0.4) is 0 Å². The molecule has 3 amide bonds. The van der Waals surface area contributed by atoms with Crippen LogP contribution >= 0.6 is 11.3 Å². The number of ether oxygens (including phenoxy) is 1. The van der Waals surface area contributed by atoms with E-state index < -0.39 is 41.0 Å². The molecular weight excluding hydrogens is 574 g/mol. The first-order chi connectivity index (χ1) is 19.7. The van der Waals surface area contributed by atoms with Crippen LogP contribution in [0.15, 0.2) is 54.0 Å². The minimum absolute atomic E-state index is 0.0709. The molecule has 42 heavy (non-hydrogen) atoms. The summed E-state index contributed by atoms with van der Waals surface area (Å²) in [5.74, 6) is 5.15. The first-order valence-electron chi connectivity index (χ1n) is 12.4. The largest absolute Gasteiger partial charge is 0.444 e. The Balaban J connectivity index is 1.47. The number of hydrogen-bond acceptors (Lipinski definition) is 6. The lowest BCUT2D eigenvalue weighted by molar-refractivity contribution is -0.137. The highest BCUT2D eigenvalue weighted by Crippen LogP contribution is 2.38. The highest BCUT2D eigenvalue weighted by Gasteiger charge is 2.31. The molecule has 4 rings (SSSR count). The van der Waals surface area contributed by atoms with Crippen molar-refractivity contribution in [1.29, 1.82) is 0 Å². The summed E-state index contributed by atoms with van der Waals surface area (Å²) >= 11 is 1.41. The molecule has 0 atom stereocenters. The van der Waals surface area contributed by atoms with E-state index in [4.69, 9.17) is 10.5 Å². The maximum Gasteiger partial charge on any atom is 0.416 e. The first-order valence-corrected chi connectivity index (χ1v) is 13.3. The number of fused-ring (bicyclic) bond motifs is 1. The zero-order valence-electron chi connectivity index (χ0n) is 22.6. The predicted octanol–water partition coefficient (Wildman–Crippen LogP) is 7.22. The number of nitrogens with two attached hydrogens (primary N) is 1. The number of pyridine rings is 1. The van der Waals surface area contributed by atoms with E-state index in [1.165, 1.54) is 11.3 Å². The van der Waals surface area contributed by atoms with Gasteiger partial charge >= 0.3 is 18.3 Å². The molecule has 0 radical (unpaired) electrons. The van der Waals surface area contributed by atoms with Crippen molar-refractivity contribution in [1.82, 2.24) is 10.3 Å². The number of carbonyl (C=O) groups excluding carboxylic acids is 2. The minimum Gasteiger partial charge on any atom is -0.444 e. The van der Waals surface area contributed by atoms with Crippen LogP contribution in [0.5, 0.6) is 0 Å². The highest BCUT2D eigenvalue weighted by atomic mass is 32.1. The van der Waals surface area contributed by atoms with Crippen molar-refractivity contribution in [2.75, 3.05) is 22.9 Å². The number of nitrogens with one attached hydrogen (secondary N) is 3. The van der Waals surface area contributed by atoms with Crippen LogP contribution in [0.1, 0.15) is 31.9 Å². The molecule has 2 aromatic carbocycles. The summed E-state index contributed by atoms with van der Waals surface area (Å²) in [7, 11) is 0. The smallest absolute Gasteiger partial charge is 0.416 e. The Morgan fingerprint density at radius 1 is 1.07 bits per heavy atom. The summed E-state index contributed by atoms with van der Waals surface area (Å²) in [4.78, 5) is 28.4. The van der Waals surface area contributed by atoms with E-state index in [2.05, 4.69) is 32.8 Å². The number of hydrogen-bond donors (Lipinski definition) is 4. The fraction of sp³-hybridized carbons (Fsp3) is 0.207. The lowest BCUT2D eigenvalue weighted by atomic mass is 10.0. The third kappa shape index (κ3) is 7.46. The van der Waals surface area contributed by atoms with Crippen LogP contribution in [0.2, 0.25) is 0 Å². The monoisotopic (exact) mass is 599 g/mol. The van der Waals surface area contributed by atoms with Gasteiger partial charge in [-0.15, -0.1) is 11.3 Å². The molecule has 0 saturated carbocycles. The van der Waals surface area contributed by atoms with Gasteiger partial charge in [-0.3, -0.25) is 0 Å². The average molecular weight is 600 g/mol. The molecule has 0 aliphatic rings. The number of nitrogen functional groups attached to an aromatic ring is 1. The molecule has 0 aliphatic heterocycles. The van der Waals surface area contributed by atoms with Crippen molar-refractivity contribution in [3.05, 3.63) is 71.0 Å². The number of amides is 3. The molecule has 0 aliphatic carbocycles. The van der Waals surface area contributed by atoms with E-state index in [0.717, 1.165) is 15.8 Å². The Kier molecular flexibility index (Phi) is 8.58. The Bertz CT molecular complexity index is 1700. The topological polar surface area (TPSA) is 118 Å². The predicted molar refractivity (Wildman–Crippen MR) is 155 cm³/mol. The van der Waals surface area contributed by atoms with Crippen molar-refractivity contribution in [2.24, 2.45) is 0 Å². The summed E-state index contributed by atoms with van der Waals surface area (Å²) in [6.45, 7) is 5.35. The van der Waals surface area contributed by atoms with Gasteiger partial charge in [-0.1, -0.05) is 24.0 Å². The van der Waals surface area contributed by atoms with Gasteiger partial charge in [0.25, 0.3) is 0 Å². The molecule has 5 N–H and O–H groups in total. The van der Waals surface area contributed by atoms with E-state index in [1.54, 1.807) is 51.2 Å². The molecule has 0 bridgehead atoms. The molecule has 4 aromatic rings. The quantitative estimate of drug-likeness (QED) is 0.146. The fourth-order valence-electron chi connectivity index (χ4n) is 3.75. The van der Waals surface area contributed by atoms with E-state index in [0.29, 0.717) is 40.7 Å². The van der Waals surface area contributed by atoms with Gasteiger partial charge in [0.1, 0.15) is 17.2 Å². The Hall–Kier alpha value is -4.83. The second-order valence-electron chi connectivity index (χ2n) is 9.92. The lowest BCUT2D eigenvalue weighted by Gasteiger charge is -2.18. The van der Waals surface area contributed by atoms with Gasteiger partial charge in [-0.2, -0.15) is 13.2 Å². The van der Waals surface area contributed by atoms with Crippen molar-refractivity contribution in [2.45, 2.75) is 32.5 Å². The third-order valence-corrected chi connectivity index (χ3v) is 6.58. The normalized spacial score (nSPS) is 11.4. The number of benzene rings is 2. The molecule has 13 heteroatoms.